The van der Waals surface area contributed by atoms with Crippen molar-refractivity contribution < 1.29 is 9.26 Å². The molecule has 7 heteroatoms. The van der Waals surface area contributed by atoms with Crippen LogP contribution in [0.2, 0.25) is 5.02 Å². The van der Waals surface area contributed by atoms with Crippen LogP contribution < -0.4 is 5.32 Å². The highest BCUT2D eigenvalue weighted by Gasteiger charge is 2.22. The molecule has 108 valence electrons. The van der Waals surface area contributed by atoms with Gasteiger partial charge in [0.2, 0.25) is 0 Å². The third kappa shape index (κ3) is 3.70. The van der Waals surface area contributed by atoms with Crippen molar-refractivity contribution in [2.45, 2.75) is 12.5 Å². The van der Waals surface area contributed by atoms with Gasteiger partial charge in [-0.2, -0.15) is 4.98 Å². The van der Waals surface area contributed by atoms with Crippen LogP contribution in [0.25, 0.3) is 0 Å². The molecule has 0 bridgehead atoms. The molecule has 1 fully saturated rings. The summed E-state index contributed by atoms with van der Waals surface area (Å²) in [4.78, 5) is 4.38. The van der Waals surface area contributed by atoms with E-state index >= 15 is 0 Å². The minimum absolute atomic E-state index is 0. The summed E-state index contributed by atoms with van der Waals surface area (Å²) in [7, 11) is 0. The minimum atomic E-state index is -0.139. The van der Waals surface area contributed by atoms with Gasteiger partial charge in [0, 0.05) is 24.5 Å². The van der Waals surface area contributed by atoms with Crippen LogP contribution >= 0.6 is 24.0 Å². The molecule has 3 rings (SSSR count). The lowest BCUT2D eigenvalue weighted by Gasteiger charge is -2.19. The molecule has 2 aromatic rings. The number of aromatic nitrogens is 2. The zero-order valence-electron chi connectivity index (χ0n) is 10.7. The van der Waals surface area contributed by atoms with Crippen molar-refractivity contribution >= 4 is 24.0 Å². The van der Waals surface area contributed by atoms with Gasteiger partial charge in [-0.15, -0.1) is 12.4 Å². The van der Waals surface area contributed by atoms with Crippen molar-refractivity contribution in [2.75, 3.05) is 19.7 Å². The average molecular weight is 316 g/mol. The lowest BCUT2D eigenvalue weighted by atomic mass is 10.1. The highest BCUT2D eigenvalue weighted by Crippen LogP contribution is 2.18. The smallest absolute Gasteiger partial charge is 0.257 e. The van der Waals surface area contributed by atoms with Crippen molar-refractivity contribution in [3.63, 3.8) is 0 Å². The second-order valence-electron chi connectivity index (χ2n) is 4.42. The van der Waals surface area contributed by atoms with Crippen LogP contribution in [-0.2, 0) is 11.2 Å². The first-order valence-corrected chi connectivity index (χ1v) is 6.58. The number of rotatable bonds is 3. The van der Waals surface area contributed by atoms with Crippen LogP contribution in [0.4, 0.5) is 0 Å². The van der Waals surface area contributed by atoms with E-state index in [0.29, 0.717) is 31.3 Å². The number of nitrogens with zero attached hydrogens (tertiary/aromatic N) is 2. The molecule has 1 atom stereocenters. The van der Waals surface area contributed by atoms with Crippen LogP contribution in [0, 0.1) is 0 Å². The van der Waals surface area contributed by atoms with E-state index in [1.807, 2.05) is 24.3 Å². The number of nitrogens with one attached hydrogen (secondary N) is 1. The maximum absolute atomic E-state index is 5.85. The first kappa shape index (κ1) is 15.3. The van der Waals surface area contributed by atoms with Crippen molar-refractivity contribution in [2.24, 2.45) is 0 Å². The molecule has 0 amide bonds. The van der Waals surface area contributed by atoms with E-state index in [9.17, 15) is 0 Å². The Hall–Kier alpha value is -1.14. The fraction of sp³-hybridized carbons (Fsp3) is 0.385. The van der Waals surface area contributed by atoms with Crippen molar-refractivity contribution in [3.8, 4) is 0 Å². The summed E-state index contributed by atoms with van der Waals surface area (Å²) in [5.74, 6) is 1.20. The molecule has 1 aromatic heterocycles. The molecule has 0 unspecified atom stereocenters. The molecule has 1 saturated heterocycles. The highest BCUT2D eigenvalue weighted by atomic mass is 35.5. The normalized spacial score (nSPS) is 18.6. The zero-order valence-corrected chi connectivity index (χ0v) is 12.3. The first-order chi connectivity index (χ1) is 9.31. The lowest BCUT2D eigenvalue weighted by molar-refractivity contribution is 0.00755. The summed E-state index contributed by atoms with van der Waals surface area (Å²) in [6.07, 6.45) is 0.487. The van der Waals surface area contributed by atoms with Crippen molar-refractivity contribution in [1.29, 1.82) is 0 Å². The predicted molar refractivity (Wildman–Crippen MR) is 77.4 cm³/mol. The standard InChI is InChI=1S/C13H14ClN3O2.ClH/c14-10-3-1-9(2-4-10)7-12-16-13(19-17-12)11-8-15-5-6-18-11;/h1-4,11,15H,5-8H2;1H/t11-;/m0./s1. The molecule has 20 heavy (non-hydrogen) atoms. The minimum Gasteiger partial charge on any atom is -0.366 e. The molecule has 1 aliphatic rings. The third-order valence-corrected chi connectivity index (χ3v) is 3.21. The molecule has 1 aromatic carbocycles. The van der Waals surface area contributed by atoms with E-state index in [1.54, 1.807) is 0 Å². The fourth-order valence-electron chi connectivity index (χ4n) is 1.98. The van der Waals surface area contributed by atoms with Crippen LogP contribution in [-0.4, -0.2) is 29.8 Å². The molecule has 0 radical (unpaired) electrons. The Bertz CT molecular complexity index is 539. The number of morpholine rings is 1. The van der Waals surface area contributed by atoms with Crippen LogP contribution in [0.1, 0.15) is 23.4 Å². The van der Waals surface area contributed by atoms with E-state index < -0.39 is 0 Å². The molecule has 0 aliphatic carbocycles. The summed E-state index contributed by atoms with van der Waals surface area (Å²) in [5, 5.41) is 7.93. The van der Waals surface area contributed by atoms with Gasteiger partial charge in [0.25, 0.3) is 5.89 Å². The van der Waals surface area contributed by atoms with Gasteiger partial charge in [-0.3, -0.25) is 0 Å². The Morgan fingerprint density at radius 3 is 2.80 bits per heavy atom. The third-order valence-electron chi connectivity index (χ3n) is 2.96. The highest BCUT2D eigenvalue weighted by molar-refractivity contribution is 6.30. The number of hydrogen-bond donors (Lipinski definition) is 1. The zero-order chi connectivity index (χ0) is 13.1. The quantitative estimate of drug-likeness (QED) is 0.942. The molecule has 0 saturated carbocycles. The maximum Gasteiger partial charge on any atom is 0.257 e. The number of halogens is 2. The largest absolute Gasteiger partial charge is 0.366 e. The van der Waals surface area contributed by atoms with Crippen LogP contribution in [0.3, 0.4) is 0 Å². The summed E-state index contributed by atoms with van der Waals surface area (Å²) in [6.45, 7) is 2.24. The average Bonchev–Trinajstić information content (AvgIpc) is 2.91. The van der Waals surface area contributed by atoms with E-state index in [2.05, 4.69) is 15.5 Å². The summed E-state index contributed by atoms with van der Waals surface area (Å²) >= 11 is 5.85. The monoisotopic (exact) mass is 315 g/mol. The number of hydrogen-bond acceptors (Lipinski definition) is 5. The molecule has 2 heterocycles. The van der Waals surface area contributed by atoms with E-state index in [-0.39, 0.29) is 18.5 Å². The van der Waals surface area contributed by atoms with E-state index in [1.165, 1.54) is 0 Å². The Kier molecular flexibility index (Phi) is 5.37. The topological polar surface area (TPSA) is 60.2 Å². The van der Waals surface area contributed by atoms with Gasteiger partial charge in [0.1, 0.15) is 6.10 Å². The Morgan fingerprint density at radius 2 is 2.10 bits per heavy atom. The number of ether oxygens (including phenoxy) is 1. The SMILES string of the molecule is Cl.Clc1ccc(Cc2noc([C@@H]3CNCCO3)n2)cc1. The Balaban J connectivity index is 0.00000147. The predicted octanol–water partition coefficient (Wildman–Crippen LogP) is 2.40. The Morgan fingerprint density at radius 1 is 1.30 bits per heavy atom. The number of benzene rings is 1. The van der Waals surface area contributed by atoms with Crippen molar-refractivity contribution in [1.82, 2.24) is 15.5 Å². The maximum atomic E-state index is 5.85. The molecule has 1 N–H and O–H groups in total. The molecule has 0 spiro atoms. The molecule has 5 nitrogen and oxygen atoms in total. The molecular formula is C13H15Cl2N3O2. The second-order valence-corrected chi connectivity index (χ2v) is 4.85. The summed E-state index contributed by atoms with van der Waals surface area (Å²) in [5.41, 5.74) is 1.10. The van der Waals surface area contributed by atoms with Crippen LogP contribution in [0.15, 0.2) is 28.8 Å². The lowest BCUT2D eigenvalue weighted by Crippen LogP contribution is -2.33. The Labute approximate surface area is 128 Å². The molecular weight excluding hydrogens is 301 g/mol. The van der Waals surface area contributed by atoms with Gasteiger partial charge < -0.3 is 14.6 Å². The fourth-order valence-corrected chi connectivity index (χ4v) is 2.10. The summed E-state index contributed by atoms with van der Waals surface area (Å²) in [6, 6.07) is 7.62. The van der Waals surface area contributed by atoms with Gasteiger partial charge in [-0.25, -0.2) is 0 Å². The van der Waals surface area contributed by atoms with Crippen LogP contribution in [0.5, 0.6) is 0 Å². The van der Waals surface area contributed by atoms with E-state index in [0.717, 1.165) is 17.1 Å². The summed E-state index contributed by atoms with van der Waals surface area (Å²) < 4.78 is 10.8. The molecule has 1 aliphatic heterocycles. The van der Waals surface area contributed by atoms with Gasteiger partial charge >= 0.3 is 0 Å². The van der Waals surface area contributed by atoms with Gasteiger partial charge in [-0.1, -0.05) is 28.9 Å². The van der Waals surface area contributed by atoms with Gasteiger partial charge in [0.15, 0.2) is 5.82 Å². The first-order valence-electron chi connectivity index (χ1n) is 6.20. The van der Waals surface area contributed by atoms with Gasteiger partial charge in [-0.05, 0) is 17.7 Å². The second kappa shape index (κ2) is 7.04. The van der Waals surface area contributed by atoms with E-state index in [4.69, 9.17) is 20.9 Å². The van der Waals surface area contributed by atoms with Gasteiger partial charge in [0.05, 0.1) is 6.61 Å². The van der Waals surface area contributed by atoms with Crippen molar-refractivity contribution in [3.05, 3.63) is 46.6 Å².